The number of benzene rings is 1. The fraction of sp³-hybridized carbons (Fsp3) is 0.550. The van der Waals surface area contributed by atoms with Crippen LogP contribution in [0.15, 0.2) is 34.2 Å². The van der Waals surface area contributed by atoms with Crippen molar-refractivity contribution in [2.75, 3.05) is 32.0 Å². The molecule has 0 radical (unpaired) electrons. The molecule has 9 heteroatoms. The van der Waals surface area contributed by atoms with Crippen LogP contribution in [0.5, 0.6) is 0 Å². The van der Waals surface area contributed by atoms with E-state index in [0.717, 1.165) is 30.0 Å². The van der Waals surface area contributed by atoms with Crippen molar-refractivity contribution >= 4 is 35.1 Å². The van der Waals surface area contributed by atoms with Crippen LogP contribution in [-0.4, -0.2) is 60.6 Å². The van der Waals surface area contributed by atoms with E-state index < -0.39 is 11.4 Å². The highest BCUT2D eigenvalue weighted by molar-refractivity contribution is 8.01. The number of rotatable bonds is 12. The minimum absolute atomic E-state index is 0.0259. The molecule has 0 spiro atoms. The number of carbonyl (C=O) groups excluding carboxylic acids is 2. The number of Topliss-reactive ketones (excluding diaryl/α,β-unsaturated/α-hetero) is 1. The topological polar surface area (TPSA) is 126 Å². The van der Waals surface area contributed by atoms with Crippen LogP contribution in [0.3, 0.4) is 0 Å². The lowest BCUT2D eigenvalue weighted by atomic mass is 10.1. The average Bonchev–Trinajstić information content (AvgIpc) is 3.12. The van der Waals surface area contributed by atoms with E-state index in [1.165, 1.54) is 11.8 Å². The molecule has 160 valence electrons. The van der Waals surface area contributed by atoms with Gasteiger partial charge in [0.15, 0.2) is 11.7 Å². The van der Waals surface area contributed by atoms with E-state index in [1.54, 1.807) is 0 Å². The van der Waals surface area contributed by atoms with Crippen molar-refractivity contribution in [2.24, 2.45) is 16.5 Å². The minimum atomic E-state index is -0.587. The molecule has 2 atom stereocenters. The summed E-state index contributed by atoms with van der Waals surface area (Å²) in [5.41, 5.74) is 11.7. The molecule has 0 bridgehead atoms. The Morgan fingerprint density at radius 3 is 2.76 bits per heavy atom. The molecular weight excluding hydrogens is 388 g/mol. The first-order valence-electron chi connectivity index (χ1n) is 10.00. The van der Waals surface area contributed by atoms with Gasteiger partial charge in [0, 0.05) is 17.1 Å². The highest BCUT2D eigenvalue weighted by Gasteiger charge is 2.33. The molecule has 0 fully saturated rings. The second-order valence-electron chi connectivity index (χ2n) is 7.20. The van der Waals surface area contributed by atoms with E-state index >= 15 is 0 Å². The summed E-state index contributed by atoms with van der Waals surface area (Å²) >= 11 is 1.48. The molecule has 1 amide bonds. The van der Waals surface area contributed by atoms with E-state index in [0.29, 0.717) is 19.4 Å². The molecule has 1 aromatic carbocycles. The van der Waals surface area contributed by atoms with Gasteiger partial charge in [0.1, 0.15) is 5.37 Å². The first kappa shape index (κ1) is 23.0. The number of hydrogen-bond donors (Lipinski definition) is 4. The molecule has 0 aliphatic carbocycles. The zero-order valence-electron chi connectivity index (χ0n) is 17.2. The van der Waals surface area contributed by atoms with Gasteiger partial charge in [-0.05, 0) is 45.0 Å². The van der Waals surface area contributed by atoms with Crippen molar-refractivity contribution in [1.82, 2.24) is 10.2 Å². The van der Waals surface area contributed by atoms with Crippen LogP contribution in [0.4, 0.5) is 5.69 Å². The van der Waals surface area contributed by atoms with Gasteiger partial charge in [0.05, 0.1) is 12.6 Å². The molecule has 1 aromatic rings. The molecule has 1 aliphatic heterocycles. The zero-order chi connectivity index (χ0) is 21.2. The number of ketones is 1. The summed E-state index contributed by atoms with van der Waals surface area (Å²) in [4.78, 5) is 32.6. The molecule has 0 saturated heterocycles. The summed E-state index contributed by atoms with van der Waals surface area (Å²) < 4.78 is 0. The maximum atomic E-state index is 13.1. The van der Waals surface area contributed by atoms with Gasteiger partial charge in [-0.3, -0.25) is 19.5 Å². The van der Waals surface area contributed by atoms with Crippen LogP contribution < -0.4 is 22.1 Å². The molecule has 0 saturated carbocycles. The second kappa shape index (κ2) is 11.7. The van der Waals surface area contributed by atoms with Gasteiger partial charge in [-0.2, -0.15) is 0 Å². The standard InChI is InChI=1S/C20H32N6O2S/c1-3-4-12-26(2)13-17(27)24-15(9-7-11-23-20(21)22)18(28)19-25-14-8-5-6-10-16(14)29-19/h5-6,8,10,15,19,25H,3-4,7,9,11-13H2,1-2H3,(H,24,27)(H4,21,22,23)/t15-,19?/m0/s1. The van der Waals surface area contributed by atoms with Crippen LogP contribution in [0.1, 0.15) is 32.6 Å². The van der Waals surface area contributed by atoms with Crippen molar-refractivity contribution in [2.45, 2.75) is 48.9 Å². The van der Waals surface area contributed by atoms with Gasteiger partial charge in [0.25, 0.3) is 0 Å². The summed E-state index contributed by atoms with van der Waals surface area (Å²) in [5.74, 6) is -0.164. The monoisotopic (exact) mass is 420 g/mol. The van der Waals surface area contributed by atoms with Crippen LogP contribution in [0, 0.1) is 0 Å². The lowest BCUT2D eigenvalue weighted by Gasteiger charge is -2.22. The van der Waals surface area contributed by atoms with Crippen molar-refractivity contribution in [3.63, 3.8) is 0 Å². The first-order chi connectivity index (χ1) is 13.9. The summed E-state index contributed by atoms with van der Waals surface area (Å²) in [6.45, 7) is 3.65. The number of amides is 1. The quantitative estimate of drug-likeness (QED) is 0.229. The molecule has 1 unspecified atom stereocenters. The van der Waals surface area contributed by atoms with Crippen LogP contribution in [-0.2, 0) is 9.59 Å². The van der Waals surface area contributed by atoms with E-state index in [4.69, 9.17) is 11.5 Å². The Morgan fingerprint density at radius 2 is 2.07 bits per heavy atom. The van der Waals surface area contributed by atoms with Gasteiger partial charge in [-0.1, -0.05) is 37.2 Å². The molecule has 29 heavy (non-hydrogen) atoms. The number of para-hydroxylation sites is 1. The number of guanidine groups is 1. The Morgan fingerprint density at radius 1 is 1.31 bits per heavy atom. The maximum Gasteiger partial charge on any atom is 0.234 e. The molecule has 0 aromatic heterocycles. The predicted molar refractivity (Wildman–Crippen MR) is 119 cm³/mol. The van der Waals surface area contributed by atoms with Crippen molar-refractivity contribution in [1.29, 1.82) is 0 Å². The molecule has 6 N–H and O–H groups in total. The summed E-state index contributed by atoms with van der Waals surface area (Å²) in [5, 5.41) is 5.75. The van der Waals surface area contributed by atoms with Gasteiger partial charge in [0.2, 0.25) is 5.91 Å². The third-order valence-corrected chi connectivity index (χ3v) is 5.80. The Balaban J connectivity index is 1.97. The number of anilines is 1. The number of nitrogens with zero attached hydrogens (tertiary/aromatic N) is 2. The fourth-order valence-electron chi connectivity index (χ4n) is 3.08. The molecular formula is C20H32N6O2S. The number of aliphatic imine (C=N–C) groups is 1. The molecule has 2 rings (SSSR count). The number of unbranched alkanes of at least 4 members (excludes halogenated alkanes) is 1. The number of fused-ring (bicyclic) bond motifs is 1. The summed E-state index contributed by atoms with van der Waals surface area (Å²) in [6, 6.07) is 7.22. The van der Waals surface area contributed by atoms with Gasteiger partial charge < -0.3 is 22.1 Å². The van der Waals surface area contributed by atoms with E-state index in [9.17, 15) is 9.59 Å². The minimum Gasteiger partial charge on any atom is -0.370 e. The van der Waals surface area contributed by atoms with Gasteiger partial charge in [-0.15, -0.1) is 0 Å². The van der Waals surface area contributed by atoms with Crippen LogP contribution in [0.25, 0.3) is 0 Å². The average molecular weight is 421 g/mol. The highest BCUT2D eigenvalue weighted by Crippen LogP contribution is 2.38. The van der Waals surface area contributed by atoms with Crippen molar-refractivity contribution in [3.8, 4) is 0 Å². The Bertz CT molecular complexity index is 698. The number of nitrogens with one attached hydrogen (secondary N) is 2. The number of nitrogens with two attached hydrogens (primary N) is 2. The molecule has 8 nitrogen and oxygen atoms in total. The third kappa shape index (κ3) is 7.58. The van der Waals surface area contributed by atoms with E-state index in [2.05, 4.69) is 22.5 Å². The van der Waals surface area contributed by atoms with Crippen LogP contribution in [0.2, 0.25) is 0 Å². The third-order valence-electron chi connectivity index (χ3n) is 4.61. The number of carbonyl (C=O) groups is 2. The summed E-state index contributed by atoms with van der Waals surface area (Å²) in [6.07, 6.45) is 3.19. The maximum absolute atomic E-state index is 13.1. The second-order valence-corrected chi connectivity index (χ2v) is 8.35. The molecule has 1 heterocycles. The smallest absolute Gasteiger partial charge is 0.234 e. The number of thioether (sulfide) groups is 1. The van der Waals surface area contributed by atoms with Crippen LogP contribution >= 0.6 is 11.8 Å². The predicted octanol–water partition coefficient (Wildman–Crippen LogP) is 1.37. The highest BCUT2D eigenvalue weighted by atomic mass is 32.2. The Kier molecular flexibility index (Phi) is 9.27. The normalized spacial score (nSPS) is 16.0. The Labute approximate surface area is 176 Å². The van der Waals surface area contributed by atoms with Crippen molar-refractivity contribution in [3.05, 3.63) is 24.3 Å². The van der Waals surface area contributed by atoms with Gasteiger partial charge >= 0.3 is 0 Å². The number of hydrogen-bond acceptors (Lipinski definition) is 6. The van der Waals surface area contributed by atoms with E-state index in [1.807, 2.05) is 36.2 Å². The largest absolute Gasteiger partial charge is 0.370 e. The molecule has 1 aliphatic rings. The first-order valence-corrected chi connectivity index (χ1v) is 10.9. The SMILES string of the molecule is CCCCN(C)CC(=O)N[C@@H](CCCN=C(N)N)C(=O)C1Nc2ccccc2S1. The van der Waals surface area contributed by atoms with Crippen molar-refractivity contribution < 1.29 is 9.59 Å². The lowest BCUT2D eigenvalue weighted by Crippen LogP contribution is -2.48. The Hall–Kier alpha value is -2.26. The summed E-state index contributed by atoms with van der Waals surface area (Å²) in [7, 11) is 1.91. The fourth-order valence-corrected chi connectivity index (χ4v) is 4.21. The lowest BCUT2D eigenvalue weighted by molar-refractivity contribution is -0.128. The van der Waals surface area contributed by atoms with Gasteiger partial charge in [-0.25, -0.2) is 0 Å². The van der Waals surface area contributed by atoms with E-state index in [-0.39, 0.29) is 24.2 Å². The number of likely N-dealkylation sites (N-methyl/N-ethyl adjacent to an activating group) is 1. The zero-order valence-corrected chi connectivity index (χ0v) is 18.0.